The molecule has 80 heavy (non-hydrogen) atoms. The van der Waals surface area contributed by atoms with Gasteiger partial charge in [-0.15, -0.1) is 0 Å². The number of rotatable bonds is 8. The van der Waals surface area contributed by atoms with E-state index in [0.717, 1.165) is 0 Å². The van der Waals surface area contributed by atoms with Crippen LogP contribution in [0.3, 0.4) is 0 Å². The Morgan fingerprint density at radius 3 is 1.01 bits per heavy atom. The summed E-state index contributed by atoms with van der Waals surface area (Å²) in [6.45, 7) is 10.1. The molecule has 2 nitrogen and oxygen atoms in total. The zero-order chi connectivity index (χ0) is 53.7. The number of hydrogen-bond acceptors (Lipinski definition) is 2. The van der Waals surface area contributed by atoms with Crippen LogP contribution in [0.2, 0.25) is 0 Å². The van der Waals surface area contributed by atoms with Gasteiger partial charge in [0.25, 0.3) is 0 Å². The van der Waals surface area contributed by atoms with Gasteiger partial charge in [0, 0.05) is 45.7 Å². The van der Waals surface area contributed by atoms with Crippen LogP contribution in [0.25, 0.3) is 88.3 Å². The average molecular weight is 1030 g/mol. The van der Waals surface area contributed by atoms with E-state index in [1.165, 1.54) is 161 Å². The van der Waals surface area contributed by atoms with Gasteiger partial charge in [-0.05, 0) is 211 Å². The molecule has 2 saturated carbocycles. The predicted molar refractivity (Wildman–Crippen MR) is 340 cm³/mol. The number of benzene rings is 11. The fourth-order valence-corrected chi connectivity index (χ4v) is 16.3. The lowest BCUT2D eigenvalue weighted by Gasteiger charge is -2.46. The van der Waals surface area contributed by atoms with Crippen LogP contribution in [0.4, 0.5) is 22.7 Å². The largest absolute Gasteiger partial charge is 0.335 e. The first-order valence-electron chi connectivity index (χ1n) is 29.6. The third-order valence-corrected chi connectivity index (χ3v) is 19.8. The molecular weight excluding hydrogens is 965 g/mol. The molecule has 2 heterocycles. The van der Waals surface area contributed by atoms with Crippen molar-refractivity contribution in [3.8, 4) is 66.8 Å². The predicted octanol–water partition coefficient (Wildman–Crippen LogP) is 21.6. The molecule has 6 atom stereocenters. The molecule has 11 aromatic rings. The Morgan fingerprint density at radius 2 is 0.625 bits per heavy atom. The van der Waals surface area contributed by atoms with Crippen LogP contribution >= 0.6 is 0 Å². The van der Waals surface area contributed by atoms with Crippen LogP contribution in [-0.2, 0) is 0 Å². The first-order valence-corrected chi connectivity index (χ1v) is 29.6. The van der Waals surface area contributed by atoms with Gasteiger partial charge in [0.15, 0.2) is 0 Å². The second kappa shape index (κ2) is 19.1. The maximum Gasteiger partial charge on any atom is 0.0495 e. The van der Waals surface area contributed by atoms with Gasteiger partial charge in [0.1, 0.15) is 0 Å². The molecule has 4 aliphatic rings. The summed E-state index contributed by atoms with van der Waals surface area (Å²) in [5.74, 6) is 2.06. The monoisotopic (exact) mass is 1030 g/mol. The van der Waals surface area contributed by atoms with E-state index in [0.29, 0.717) is 23.7 Å². The highest BCUT2D eigenvalue weighted by atomic mass is 15.2. The zero-order valence-corrected chi connectivity index (χ0v) is 46.5. The number of anilines is 4. The Kier molecular flexibility index (Phi) is 11.6. The summed E-state index contributed by atoms with van der Waals surface area (Å²) in [4.78, 5) is 5.38. The van der Waals surface area contributed by atoms with Crippen molar-refractivity contribution in [2.75, 3.05) is 9.80 Å². The Bertz CT molecular complexity index is 3860. The van der Waals surface area contributed by atoms with E-state index >= 15 is 0 Å². The van der Waals surface area contributed by atoms with Crippen molar-refractivity contribution in [2.45, 2.75) is 89.1 Å². The molecule has 2 heteroatoms. The summed E-state index contributed by atoms with van der Waals surface area (Å²) in [6, 6.07) is 92.3. The summed E-state index contributed by atoms with van der Waals surface area (Å²) in [5, 5.41) is 5.06. The highest BCUT2D eigenvalue weighted by Gasteiger charge is 2.53. The van der Waals surface area contributed by atoms with Gasteiger partial charge in [-0.3, -0.25) is 0 Å². The third-order valence-electron chi connectivity index (χ3n) is 19.8. The maximum atomic E-state index is 2.69. The van der Waals surface area contributed by atoms with Gasteiger partial charge in [-0.1, -0.05) is 209 Å². The first kappa shape index (κ1) is 48.6. The fraction of sp³-hybridized carbons (Fsp3) is 0.205. The van der Waals surface area contributed by atoms with Crippen LogP contribution in [0.5, 0.6) is 0 Å². The van der Waals surface area contributed by atoms with E-state index in [2.05, 4.69) is 280 Å². The second-order valence-electron chi connectivity index (χ2n) is 24.5. The molecule has 2 fully saturated rings. The summed E-state index contributed by atoms with van der Waals surface area (Å²) in [7, 11) is 0. The Labute approximate surface area is 473 Å². The molecule has 0 saturated heterocycles. The average Bonchev–Trinajstić information content (AvgIpc) is 3.90. The number of hydrogen-bond donors (Lipinski definition) is 0. The SMILES string of the molecule is CC1CCCC2(C)C1c1cc(-c3ccc4c(-c5ccc(-c6ccccc6)cc5)c5cc(-c6ccc7c(c6)C6C(C)CCCC6(C)N7c6ccccc6)ccc5c(-c5ccc(-c6ccccc6)cc5)c4c3)ccc1N2c1ccccc1. The molecule has 6 unspecified atom stereocenters. The number of para-hydroxylation sites is 2. The summed E-state index contributed by atoms with van der Waals surface area (Å²) in [5.41, 5.74) is 23.3. The molecule has 11 aromatic carbocycles. The molecule has 390 valence electrons. The van der Waals surface area contributed by atoms with Gasteiger partial charge in [-0.25, -0.2) is 0 Å². The van der Waals surface area contributed by atoms with Crippen LogP contribution in [0.15, 0.2) is 243 Å². The van der Waals surface area contributed by atoms with Crippen molar-refractivity contribution in [1.82, 2.24) is 0 Å². The van der Waals surface area contributed by atoms with Gasteiger partial charge < -0.3 is 9.80 Å². The van der Waals surface area contributed by atoms with E-state index in [9.17, 15) is 0 Å². The minimum absolute atomic E-state index is 0.0162. The molecule has 2 aliphatic heterocycles. The van der Waals surface area contributed by atoms with E-state index in [4.69, 9.17) is 0 Å². The smallest absolute Gasteiger partial charge is 0.0495 e. The number of fused-ring (bicyclic) bond motifs is 8. The van der Waals surface area contributed by atoms with Crippen molar-refractivity contribution in [2.24, 2.45) is 11.8 Å². The fourth-order valence-electron chi connectivity index (χ4n) is 16.3. The first-order chi connectivity index (χ1) is 39.2. The Hall–Kier alpha value is -8.46. The van der Waals surface area contributed by atoms with E-state index < -0.39 is 0 Å². The molecular formula is C78H68N2. The Balaban J connectivity index is 0.950. The number of nitrogens with zero attached hydrogens (tertiary/aromatic N) is 2. The van der Waals surface area contributed by atoms with Crippen molar-refractivity contribution >= 4 is 44.3 Å². The second-order valence-corrected chi connectivity index (χ2v) is 24.5. The highest BCUT2D eigenvalue weighted by Crippen LogP contribution is 2.61. The van der Waals surface area contributed by atoms with Crippen LogP contribution < -0.4 is 9.80 Å². The van der Waals surface area contributed by atoms with Gasteiger partial charge in [-0.2, -0.15) is 0 Å². The topological polar surface area (TPSA) is 6.48 Å². The summed E-state index contributed by atoms with van der Waals surface area (Å²) < 4.78 is 0. The van der Waals surface area contributed by atoms with Crippen LogP contribution in [0, 0.1) is 11.8 Å². The molecule has 0 bridgehead atoms. The summed E-state index contributed by atoms with van der Waals surface area (Å²) >= 11 is 0. The molecule has 0 N–H and O–H groups in total. The van der Waals surface area contributed by atoms with Gasteiger partial charge >= 0.3 is 0 Å². The zero-order valence-electron chi connectivity index (χ0n) is 46.5. The highest BCUT2D eigenvalue weighted by molar-refractivity contribution is 6.22. The van der Waals surface area contributed by atoms with Crippen molar-refractivity contribution in [1.29, 1.82) is 0 Å². The molecule has 0 amide bonds. The van der Waals surface area contributed by atoms with Crippen LogP contribution in [0.1, 0.15) is 89.2 Å². The lowest BCUT2D eigenvalue weighted by molar-refractivity contribution is 0.223. The van der Waals surface area contributed by atoms with Crippen molar-refractivity contribution < 1.29 is 0 Å². The lowest BCUT2D eigenvalue weighted by Crippen LogP contribution is -2.47. The third kappa shape index (κ3) is 7.73. The summed E-state index contributed by atoms with van der Waals surface area (Å²) in [6.07, 6.45) is 7.40. The van der Waals surface area contributed by atoms with Crippen LogP contribution in [-0.4, -0.2) is 11.1 Å². The lowest BCUT2D eigenvalue weighted by atomic mass is 9.67. The molecule has 0 aromatic heterocycles. The minimum Gasteiger partial charge on any atom is -0.335 e. The molecule has 2 aliphatic carbocycles. The van der Waals surface area contributed by atoms with Gasteiger partial charge in [0.05, 0.1) is 0 Å². The van der Waals surface area contributed by atoms with E-state index in [1.54, 1.807) is 0 Å². The quantitative estimate of drug-likeness (QED) is 0.140. The molecule has 0 spiro atoms. The Morgan fingerprint density at radius 1 is 0.312 bits per heavy atom. The molecule has 0 radical (unpaired) electrons. The maximum absolute atomic E-state index is 2.69. The normalized spacial score (nSPS) is 22.0. The van der Waals surface area contributed by atoms with E-state index in [1.807, 2.05) is 0 Å². The van der Waals surface area contributed by atoms with Crippen molar-refractivity contribution in [3.05, 3.63) is 254 Å². The molecule has 15 rings (SSSR count). The standard InChI is InChI=1S/C78H68N2/c1-51-19-17-45-77(3)75(51)69-49-61(39-43-71(69)79(77)63-25-13-7-14-26-63)59-37-41-65-67(47-59)73(57-33-29-55(30-34-57)53-21-9-5-10-22-53)66-42-38-60(48-68(66)74(65)58-35-31-56(32-36-58)54-23-11-6-12-24-54)62-40-44-72-70(50-62)76-52(2)20-18-46-78(76,4)80(72)64-27-15-8-16-28-64/h5-16,21-44,47-52,75-76H,17-20,45-46H2,1-4H3. The minimum atomic E-state index is 0.0162. The van der Waals surface area contributed by atoms with Gasteiger partial charge in [0.2, 0.25) is 0 Å². The van der Waals surface area contributed by atoms with Crippen molar-refractivity contribution in [3.63, 3.8) is 0 Å². The van der Waals surface area contributed by atoms with E-state index in [-0.39, 0.29) is 11.1 Å².